The number of hydrogen-bond acceptors (Lipinski definition) is 2. The van der Waals surface area contributed by atoms with Crippen LogP contribution in [0.2, 0.25) is 0 Å². The molecule has 19 heavy (non-hydrogen) atoms. The highest BCUT2D eigenvalue weighted by atomic mass is 19.3. The number of nitrogens with two attached hydrogens (primary N) is 1. The van der Waals surface area contributed by atoms with Gasteiger partial charge in [-0.25, -0.2) is 8.78 Å². The topological polar surface area (TPSA) is 55.1 Å². The van der Waals surface area contributed by atoms with Crippen molar-refractivity contribution < 1.29 is 13.6 Å². The average molecular weight is 268 g/mol. The van der Waals surface area contributed by atoms with E-state index in [0.717, 1.165) is 5.56 Å². The minimum Gasteiger partial charge on any atom is -0.397 e. The zero-order valence-corrected chi connectivity index (χ0v) is 10.9. The number of carbonyl (C=O) groups is 1. The van der Waals surface area contributed by atoms with E-state index in [1.165, 1.54) is 0 Å². The zero-order chi connectivity index (χ0) is 14.0. The molecule has 3 N–H and O–H groups in total. The average Bonchev–Trinajstić information content (AvgIpc) is 2.33. The van der Waals surface area contributed by atoms with E-state index < -0.39 is 5.92 Å². The lowest BCUT2D eigenvalue weighted by molar-refractivity contribution is -0.124. The molecule has 1 saturated carbocycles. The van der Waals surface area contributed by atoms with Gasteiger partial charge in [-0.2, -0.15) is 0 Å². The summed E-state index contributed by atoms with van der Waals surface area (Å²) in [5.74, 6) is -3.17. The molecule has 104 valence electrons. The number of aryl methyl sites for hydroxylation is 1. The number of nitrogen functional groups attached to an aromatic ring is 1. The van der Waals surface area contributed by atoms with Crippen LogP contribution in [-0.4, -0.2) is 11.8 Å². The molecule has 0 aliphatic heterocycles. The number of hydrogen-bond donors (Lipinski definition) is 2. The molecule has 0 radical (unpaired) electrons. The predicted molar refractivity (Wildman–Crippen MR) is 71.1 cm³/mol. The molecule has 0 atom stereocenters. The molecule has 1 fully saturated rings. The molecule has 1 aliphatic carbocycles. The van der Waals surface area contributed by atoms with Crippen LogP contribution in [-0.2, 0) is 4.79 Å². The Morgan fingerprint density at radius 2 is 2.00 bits per heavy atom. The first kappa shape index (κ1) is 13.8. The van der Waals surface area contributed by atoms with Gasteiger partial charge in [-0.05, 0) is 37.5 Å². The van der Waals surface area contributed by atoms with Gasteiger partial charge < -0.3 is 11.1 Å². The van der Waals surface area contributed by atoms with Crippen molar-refractivity contribution in [3.05, 3.63) is 23.8 Å². The van der Waals surface area contributed by atoms with Crippen LogP contribution in [0.5, 0.6) is 0 Å². The number of benzene rings is 1. The molecular weight excluding hydrogens is 250 g/mol. The summed E-state index contributed by atoms with van der Waals surface area (Å²) in [5, 5.41) is 2.74. The fraction of sp³-hybridized carbons (Fsp3) is 0.500. The standard InChI is InChI=1S/C14H18F2N2O/c1-9-2-3-11(17)12(8-9)18-13(19)10-4-6-14(15,16)7-5-10/h2-3,8,10H,4-7,17H2,1H3,(H,18,19). The maximum absolute atomic E-state index is 13.0. The number of alkyl halides is 2. The van der Waals surface area contributed by atoms with E-state index in [1.807, 2.05) is 13.0 Å². The summed E-state index contributed by atoms with van der Waals surface area (Å²) in [6, 6.07) is 5.36. The van der Waals surface area contributed by atoms with E-state index in [2.05, 4.69) is 5.32 Å². The SMILES string of the molecule is Cc1ccc(N)c(NC(=O)C2CCC(F)(F)CC2)c1. The van der Waals surface area contributed by atoms with Crippen LogP contribution in [0.4, 0.5) is 20.2 Å². The third-order valence-electron chi connectivity index (χ3n) is 3.55. The largest absolute Gasteiger partial charge is 0.397 e. The van der Waals surface area contributed by atoms with E-state index in [0.29, 0.717) is 11.4 Å². The van der Waals surface area contributed by atoms with Gasteiger partial charge in [0.2, 0.25) is 11.8 Å². The molecule has 1 amide bonds. The molecule has 0 saturated heterocycles. The Kier molecular flexibility index (Phi) is 3.73. The summed E-state index contributed by atoms with van der Waals surface area (Å²) in [7, 11) is 0. The minimum atomic E-state index is -2.61. The zero-order valence-electron chi connectivity index (χ0n) is 10.9. The summed E-state index contributed by atoms with van der Waals surface area (Å²) in [4.78, 5) is 12.0. The highest BCUT2D eigenvalue weighted by molar-refractivity contribution is 5.95. The van der Waals surface area contributed by atoms with Crippen molar-refractivity contribution in [2.75, 3.05) is 11.1 Å². The summed E-state index contributed by atoms with van der Waals surface area (Å²) >= 11 is 0. The lowest BCUT2D eigenvalue weighted by atomic mass is 9.86. The molecule has 1 aromatic rings. The Labute approximate surface area is 111 Å². The van der Waals surface area contributed by atoms with Crippen LogP contribution in [0.15, 0.2) is 18.2 Å². The molecule has 1 aliphatic rings. The van der Waals surface area contributed by atoms with Crippen LogP contribution in [0.1, 0.15) is 31.2 Å². The number of amides is 1. The van der Waals surface area contributed by atoms with Crippen molar-refractivity contribution >= 4 is 17.3 Å². The van der Waals surface area contributed by atoms with E-state index in [1.54, 1.807) is 12.1 Å². The van der Waals surface area contributed by atoms with E-state index in [4.69, 9.17) is 5.73 Å². The van der Waals surface area contributed by atoms with Gasteiger partial charge in [0.25, 0.3) is 0 Å². The Balaban J connectivity index is 2.00. The van der Waals surface area contributed by atoms with Crippen molar-refractivity contribution in [1.29, 1.82) is 0 Å². The lowest BCUT2D eigenvalue weighted by Crippen LogP contribution is -2.32. The number of nitrogens with one attached hydrogen (secondary N) is 1. The van der Waals surface area contributed by atoms with E-state index >= 15 is 0 Å². The molecule has 5 heteroatoms. The maximum atomic E-state index is 13.0. The van der Waals surface area contributed by atoms with Crippen LogP contribution < -0.4 is 11.1 Å². The number of rotatable bonds is 2. The second kappa shape index (κ2) is 5.15. The number of halogens is 2. The van der Waals surface area contributed by atoms with E-state index in [-0.39, 0.29) is 37.5 Å². The van der Waals surface area contributed by atoms with Gasteiger partial charge in [-0.3, -0.25) is 4.79 Å². The highest BCUT2D eigenvalue weighted by Crippen LogP contribution is 2.36. The maximum Gasteiger partial charge on any atom is 0.248 e. The van der Waals surface area contributed by atoms with Crippen molar-refractivity contribution in [2.45, 2.75) is 38.5 Å². The Morgan fingerprint density at radius 3 is 2.63 bits per heavy atom. The van der Waals surface area contributed by atoms with Gasteiger partial charge in [0.1, 0.15) is 0 Å². The van der Waals surface area contributed by atoms with Gasteiger partial charge in [-0.15, -0.1) is 0 Å². The first-order chi connectivity index (χ1) is 8.87. The Hall–Kier alpha value is -1.65. The quantitative estimate of drug-likeness (QED) is 0.808. The second-order valence-electron chi connectivity index (χ2n) is 5.21. The fourth-order valence-electron chi connectivity index (χ4n) is 2.32. The van der Waals surface area contributed by atoms with Crippen LogP contribution in [0.25, 0.3) is 0 Å². The van der Waals surface area contributed by atoms with Crippen molar-refractivity contribution in [2.24, 2.45) is 5.92 Å². The molecule has 0 spiro atoms. The number of carbonyl (C=O) groups excluding carboxylic acids is 1. The van der Waals surface area contributed by atoms with Crippen molar-refractivity contribution in [3.63, 3.8) is 0 Å². The molecule has 0 heterocycles. The van der Waals surface area contributed by atoms with Gasteiger partial charge in [0.05, 0.1) is 11.4 Å². The summed E-state index contributed by atoms with van der Waals surface area (Å²) in [5.41, 5.74) is 7.81. The predicted octanol–water partition coefficient (Wildman–Crippen LogP) is 3.34. The Morgan fingerprint density at radius 1 is 1.37 bits per heavy atom. The molecule has 0 unspecified atom stereocenters. The minimum absolute atomic E-state index is 0.214. The van der Waals surface area contributed by atoms with Crippen LogP contribution in [0, 0.1) is 12.8 Å². The molecule has 2 rings (SSSR count). The Bertz CT molecular complexity index is 478. The third kappa shape index (κ3) is 3.43. The lowest BCUT2D eigenvalue weighted by Gasteiger charge is -2.27. The third-order valence-corrected chi connectivity index (χ3v) is 3.55. The van der Waals surface area contributed by atoms with Crippen molar-refractivity contribution in [3.8, 4) is 0 Å². The van der Waals surface area contributed by atoms with Gasteiger partial charge in [0.15, 0.2) is 0 Å². The first-order valence-corrected chi connectivity index (χ1v) is 6.42. The first-order valence-electron chi connectivity index (χ1n) is 6.42. The number of anilines is 2. The van der Waals surface area contributed by atoms with Crippen LogP contribution >= 0.6 is 0 Å². The monoisotopic (exact) mass is 268 g/mol. The molecule has 3 nitrogen and oxygen atoms in total. The van der Waals surface area contributed by atoms with E-state index in [9.17, 15) is 13.6 Å². The summed E-state index contributed by atoms with van der Waals surface area (Å²) < 4.78 is 26.1. The highest BCUT2D eigenvalue weighted by Gasteiger charge is 2.37. The molecular formula is C14H18F2N2O. The van der Waals surface area contributed by atoms with Crippen molar-refractivity contribution in [1.82, 2.24) is 0 Å². The smallest absolute Gasteiger partial charge is 0.248 e. The van der Waals surface area contributed by atoms with Gasteiger partial charge in [-0.1, -0.05) is 6.07 Å². The second-order valence-corrected chi connectivity index (χ2v) is 5.21. The summed E-state index contributed by atoms with van der Waals surface area (Å²) in [6.45, 7) is 1.90. The molecule has 0 bridgehead atoms. The summed E-state index contributed by atoms with van der Waals surface area (Å²) in [6.07, 6.45) is 0.0257. The van der Waals surface area contributed by atoms with Crippen LogP contribution in [0.3, 0.4) is 0 Å². The van der Waals surface area contributed by atoms with Gasteiger partial charge in [0, 0.05) is 18.8 Å². The molecule has 0 aromatic heterocycles. The normalized spacial score (nSPS) is 19.1. The van der Waals surface area contributed by atoms with Gasteiger partial charge >= 0.3 is 0 Å². The molecule has 1 aromatic carbocycles. The fourth-order valence-corrected chi connectivity index (χ4v) is 2.32.